The topological polar surface area (TPSA) is 85.1 Å². The second-order valence-electron chi connectivity index (χ2n) is 3.37. The summed E-state index contributed by atoms with van der Waals surface area (Å²) in [4.78, 5) is 25.6. The van der Waals surface area contributed by atoms with Crippen LogP contribution in [0.1, 0.15) is 10.4 Å². The van der Waals surface area contributed by atoms with Crippen molar-refractivity contribution in [1.29, 1.82) is 0 Å². The number of carbonyl (C=O) groups is 1. The standard InChI is InChI=1S/C10H5BrClN3O3S/c11-6-1-5(2-7(12)3-6)9(16)14-10-13-4-8(19-10)15(17)18/h1-4H,(H,13,14,16). The van der Waals surface area contributed by atoms with Gasteiger partial charge < -0.3 is 0 Å². The van der Waals surface area contributed by atoms with E-state index in [0.29, 0.717) is 15.1 Å². The highest BCUT2D eigenvalue weighted by Crippen LogP contribution is 2.26. The van der Waals surface area contributed by atoms with Crippen molar-refractivity contribution in [3.05, 3.63) is 49.6 Å². The third kappa shape index (κ3) is 3.49. The summed E-state index contributed by atoms with van der Waals surface area (Å²) in [6.45, 7) is 0. The Bertz CT molecular complexity index is 641. The van der Waals surface area contributed by atoms with E-state index in [0.717, 1.165) is 17.5 Å². The minimum atomic E-state index is -0.566. The Kier molecular flexibility index (Phi) is 4.13. The fourth-order valence-corrected chi connectivity index (χ4v) is 2.75. The van der Waals surface area contributed by atoms with Gasteiger partial charge in [-0.15, -0.1) is 0 Å². The van der Waals surface area contributed by atoms with Crippen molar-refractivity contribution in [2.24, 2.45) is 0 Å². The van der Waals surface area contributed by atoms with E-state index < -0.39 is 10.8 Å². The van der Waals surface area contributed by atoms with Gasteiger partial charge in [-0.3, -0.25) is 20.2 Å². The number of rotatable bonds is 3. The lowest BCUT2D eigenvalue weighted by Gasteiger charge is -2.02. The second-order valence-corrected chi connectivity index (χ2v) is 5.73. The molecule has 0 fully saturated rings. The number of carbonyl (C=O) groups excluding carboxylic acids is 1. The minimum absolute atomic E-state index is 0.137. The molecule has 0 unspecified atom stereocenters. The number of hydrogen-bond acceptors (Lipinski definition) is 5. The third-order valence-electron chi connectivity index (χ3n) is 2.02. The smallest absolute Gasteiger partial charge is 0.298 e. The Labute approximate surface area is 124 Å². The molecule has 0 radical (unpaired) electrons. The van der Waals surface area contributed by atoms with Gasteiger partial charge in [-0.25, -0.2) is 4.98 Å². The highest BCUT2D eigenvalue weighted by atomic mass is 79.9. The van der Waals surface area contributed by atoms with Gasteiger partial charge in [0.15, 0.2) is 5.13 Å². The molecule has 1 N–H and O–H groups in total. The van der Waals surface area contributed by atoms with E-state index in [9.17, 15) is 14.9 Å². The summed E-state index contributed by atoms with van der Waals surface area (Å²) < 4.78 is 0.662. The Morgan fingerprint density at radius 1 is 1.47 bits per heavy atom. The molecule has 6 nitrogen and oxygen atoms in total. The molecule has 2 aromatic rings. The van der Waals surface area contributed by atoms with E-state index in [1.54, 1.807) is 12.1 Å². The lowest BCUT2D eigenvalue weighted by molar-refractivity contribution is -0.380. The van der Waals surface area contributed by atoms with Crippen LogP contribution in [0.4, 0.5) is 10.1 Å². The summed E-state index contributed by atoms with van der Waals surface area (Å²) >= 11 is 9.84. The average molecular weight is 363 g/mol. The molecule has 1 heterocycles. The van der Waals surface area contributed by atoms with E-state index in [2.05, 4.69) is 26.2 Å². The molecule has 0 bridgehead atoms. The first-order valence-electron chi connectivity index (χ1n) is 4.83. The van der Waals surface area contributed by atoms with Gasteiger partial charge in [-0.1, -0.05) is 27.5 Å². The van der Waals surface area contributed by atoms with E-state index >= 15 is 0 Å². The average Bonchev–Trinajstić information content (AvgIpc) is 2.76. The normalized spacial score (nSPS) is 10.2. The van der Waals surface area contributed by atoms with Crippen molar-refractivity contribution in [3.63, 3.8) is 0 Å². The highest BCUT2D eigenvalue weighted by Gasteiger charge is 2.14. The molecular weight excluding hydrogens is 358 g/mol. The van der Waals surface area contributed by atoms with Crippen molar-refractivity contribution in [2.75, 3.05) is 5.32 Å². The second kappa shape index (κ2) is 5.64. The molecule has 1 amide bonds. The zero-order chi connectivity index (χ0) is 14.0. The van der Waals surface area contributed by atoms with Crippen LogP contribution in [0.25, 0.3) is 0 Å². The molecule has 0 aliphatic heterocycles. The van der Waals surface area contributed by atoms with Crippen molar-refractivity contribution in [1.82, 2.24) is 4.98 Å². The number of nitrogens with one attached hydrogen (secondary N) is 1. The van der Waals surface area contributed by atoms with Crippen LogP contribution in [0, 0.1) is 10.1 Å². The Balaban J connectivity index is 2.18. The molecule has 0 saturated heterocycles. The summed E-state index contributed by atoms with van der Waals surface area (Å²) in [7, 11) is 0. The predicted octanol–water partition coefficient (Wildman–Crippen LogP) is 3.72. The van der Waals surface area contributed by atoms with Crippen molar-refractivity contribution in [3.8, 4) is 0 Å². The predicted molar refractivity (Wildman–Crippen MR) is 75.9 cm³/mol. The first-order chi connectivity index (χ1) is 8.95. The molecule has 2 rings (SSSR count). The maximum atomic E-state index is 11.9. The molecule has 19 heavy (non-hydrogen) atoms. The fraction of sp³-hybridized carbons (Fsp3) is 0. The lowest BCUT2D eigenvalue weighted by Crippen LogP contribution is -2.11. The van der Waals surface area contributed by atoms with Gasteiger partial charge >= 0.3 is 5.00 Å². The maximum absolute atomic E-state index is 11.9. The quantitative estimate of drug-likeness (QED) is 0.666. The molecule has 0 aliphatic rings. The Morgan fingerprint density at radius 2 is 2.21 bits per heavy atom. The maximum Gasteiger partial charge on any atom is 0.345 e. The number of halogens is 2. The number of benzene rings is 1. The van der Waals surface area contributed by atoms with Gasteiger partial charge in [-0.2, -0.15) is 0 Å². The molecule has 0 aliphatic carbocycles. The van der Waals surface area contributed by atoms with Gasteiger partial charge in [0, 0.05) is 15.1 Å². The molecule has 1 aromatic heterocycles. The molecule has 9 heteroatoms. The summed E-state index contributed by atoms with van der Waals surface area (Å²) in [6, 6.07) is 4.72. The number of nitrogens with zero attached hydrogens (tertiary/aromatic N) is 2. The van der Waals surface area contributed by atoms with Crippen LogP contribution in [0.3, 0.4) is 0 Å². The summed E-state index contributed by atoms with van der Waals surface area (Å²) in [6.07, 6.45) is 1.09. The van der Waals surface area contributed by atoms with Gasteiger partial charge in [0.05, 0.1) is 4.92 Å². The molecule has 1 aromatic carbocycles. The number of aromatic nitrogens is 1. The van der Waals surface area contributed by atoms with Crippen LogP contribution < -0.4 is 5.32 Å². The fourth-order valence-electron chi connectivity index (χ4n) is 1.26. The van der Waals surface area contributed by atoms with Gasteiger partial charge in [-0.05, 0) is 29.5 Å². The largest absolute Gasteiger partial charge is 0.345 e. The Hall–Kier alpha value is -1.51. The van der Waals surface area contributed by atoms with Gasteiger partial charge in [0.1, 0.15) is 6.20 Å². The molecule has 0 atom stereocenters. The summed E-state index contributed by atoms with van der Waals surface area (Å²) in [5.74, 6) is -0.438. The molecular formula is C10H5BrClN3O3S. The first-order valence-corrected chi connectivity index (χ1v) is 6.82. The van der Waals surface area contributed by atoms with Crippen LogP contribution in [0.15, 0.2) is 28.9 Å². The zero-order valence-corrected chi connectivity index (χ0v) is 12.3. The molecule has 0 spiro atoms. The number of hydrogen-bond donors (Lipinski definition) is 1. The van der Waals surface area contributed by atoms with E-state index in [1.165, 1.54) is 6.07 Å². The molecule has 0 saturated carbocycles. The van der Waals surface area contributed by atoms with E-state index in [4.69, 9.17) is 11.6 Å². The van der Waals surface area contributed by atoms with Crippen LogP contribution in [-0.4, -0.2) is 15.8 Å². The highest BCUT2D eigenvalue weighted by molar-refractivity contribution is 9.10. The lowest BCUT2D eigenvalue weighted by atomic mass is 10.2. The number of nitro groups is 1. The monoisotopic (exact) mass is 361 g/mol. The SMILES string of the molecule is O=C(Nc1ncc([N+](=O)[O-])s1)c1cc(Cl)cc(Br)c1. The number of thiazole rings is 1. The minimum Gasteiger partial charge on any atom is -0.298 e. The van der Waals surface area contributed by atoms with Gasteiger partial charge in [0.25, 0.3) is 5.91 Å². The van der Waals surface area contributed by atoms with E-state index in [-0.39, 0.29) is 10.1 Å². The summed E-state index contributed by atoms with van der Waals surface area (Å²) in [5.41, 5.74) is 0.331. The van der Waals surface area contributed by atoms with Crippen molar-refractivity contribution >= 4 is 54.9 Å². The van der Waals surface area contributed by atoms with Crippen LogP contribution in [0.5, 0.6) is 0 Å². The van der Waals surface area contributed by atoms with Crippen LogP contribution in [-0.2, 0) is 0 Å². The van der Waals surface area contributed by atoms with Crippen molar-refractivity contribution < 1.29 is 9.72 Å². The third-order valence-corrected chi connectivity index (χ3v) is 3.56. The van der Waals surface area contributed by atoms with Crippen LogP contribution >= 0.6 is 38.9 Å². The Morgan fingerprint density at radius 3 is 2.79 bits per heavy atom. The molecule has 98 valence electrons. The van der Waals surface area contributed by atoms with Crippen molar-refractivity contribution in [2.45, 2.75) is 0 Å². The van der Waals surface area contributed by atoms with Gasteiger partial charge in [0.2, 0.25) is 0 Å². The summed E-state index contributed by atoms with van der Waals surface area (Å²) in [5, 5.41) is 13.4. The van der Waals surface area contributed by atoms with Crippen LogP contribution in [0.2, 0.25) is 5.02 Å². The number of anilines is 1. The number of amides is 1. The first kappa shape index (κ1) is 13.9. The van der Waals surface area contributed by atoms with E-state index in [1.807, 2.05) is 0 Å². The zero-order valence-electron chi connectivity index (χ0n) is 9.09.